The van der Waals surface area contributed by atoms with E-state index in [1.54, 1.807) is 21.7 Å². The number of hydrogen-bond acceptors (Lipinski definition) is 4. The molecule has 2 rings (SSSR count). The first kappa shape index (κ1) is 20.2. The van der Waals surface area contributed by atoms with Crippen LogP contribution in [-0.4, -0.2) is 41.3 Å². The van der Waals surface area contributed by atoms with E-state index in [0.29, 0.717) is 19.0 Å². The summed E-state index contributed by atoms with van der Waals surface area (Å²) in [4.78, 5) is 18.2. The van der Waals surface area contributed by atoms with Crippen molar-refractivity contribution in [2.45, 2.75) is 32.2 Å². The van der Waals surface area contributed by atoms with Gasteiger partial charge in [-0.3, -0.25) is 15.1 Å². The number of aliphatic imine (C=N–C) groups is 1. The van der Waals surface area contributed by atoms with Crippen LogP contribution in [0.25, 0.3) is 11.3 Å². The van der Waals surface area contributed by atoms with E-state index >= 15 is 0 Å². The van der Waals surface area contributed by atoms with Gasteiger partial charge in [-0.05, 0) is 18.9 Å². The maximum Gasteiger partial charge on any atom is 0.266 e. The molecule has 0 radical (unpaired) electrons. The molecular weight excluding hydrogens is 340 g/mol. The number of nitriles is 1. The number of guanidine groups is 1. The van der Waals surface area contributed by atoms with Crippen molar-refractivity contribution in [1.29, 1.82) is 5.26 Å². The zero-order chi connectivity index (χ0) is 19.5. The minimum atomic E-state index is -0.0718. The van der Waals surface area contributed by atoms with Gasteiger partial charge in [0.25, 0.3) is 5.56 Å². The van der Waals surface area contributed by atoms with Gasteiger partial charge >= 0.3 is 0 Å². The topological polar surface area (TPSA) is 86.3 Å². The van der Waals surface area contributed by atoms with E-state index in [0.717, 1.165) is 36.9 Å². The van der Waals surface area contributed by atoms with E-state index in [1.165, 1.54) is 0 Å². The highest BCUT2D eigenvalue weighted by atomic mass is 16.1. The molecule has 142 valence electrons. The number of aryl methyl sites for hydroxylation is 1. The van der Waals surface area contributed by atoms with Gasteiger partial charge in [0.05, 0.1) is 5.69 Å². The monoisotopic (exact) mass is 366 g/mol. The van der Waals surface area contributed by atoms with Crippen LogP contribution >= 0.6 is 0 Å². The molecular formula is C20H26N6O. The highest BCUT2D eigenvalue weighted by Gasteiger charge is 2.03. The van der Waals surface area contributed by atoms with Crippen LogP contribution in [0, 0.1) is 11.5 Å². The zero-order valence-electron chi connectivity index (χ0n) is 15.9. The van der Waals surface area contributed by atoms with Crippen LogP contribution < -0.4 is 10.9 Å². The SMILES string of the molecule is CN(C)C(=NCCCCCCn1nc(-c2ccccc2)ccc1=O)NC#N. The summed E-state index contributed by atoms with van der Waals surface area (Å²) in [5.41, 5.74) is 1.75. The number of unbranched alkanes of at least 4 members (excludes halogenated alkanes) is 3. The summed E-state index contributed by atoms with van der Waals surface area (Å²) in [5, 5.41) is 15.7. The minimum Gasteiger partial charge on any atom is -0.348 e. The molecule has 1 aromatic heterocycles. The van der Waals surface area contributed by atoms with Gasteiger partial charge in [0.2, 0.25) is 5.96 Å². The number of hydrogen-bond donors (Lipinski definition) is 1. The Bertz CT molecular complexity index is 836. The quantitative estimate of drug-likeness (QED) is 0.255. The molecule has 7 heteroatoms. The van der Waals surface area contributed by atoms with Crippen molar-refractivity contribution in [3.05, 3.63) is 52.8 Å². The first-order valence-corrected chi connectivity index (χ1v) is 9.12. The number of rotatable bonds is 8. The molecule has 1 heterocycles. The maximum absolute atomic E-state index is 12.0. The van der Waals surface area contributed by atoms with Gasteiger partial charge in [0.15, 0.2) is 6.19 Å². The Labute approximate surface area is 160 Å². The minimum absolute atomic E-state index is 0.0718. The molecule has 0 bridgehead atoms. The van der Waals surface area contributed by atoms with Crippen LogP contribution in [0.4, 0.5) is 0 Å². The van der Waals surface area contributed by atoms with Crippen LogP contribution in [-0.2, 0) is 6.54 Å². The second kappa shape index (κ2) is 10.8. The Kier molecular flexibility index (Phi) is 8.04. The largest absolute Gasteiger partial charge is 0.348 e. The molecule has 0 amide bonds. The lowest BCUT2D eigenvalue weighted by Crippen LogP contribution is -2.33. The number of benzene rings is 1. The molecule has 1 N–H and O–H groups in total. The van der Waals surface area contributed by atoms with Gasteiger partial charge in [0, 0.05) is 38.8 Å². The van der Waals surface area contributed by atoms with E-state index in [9.17, 15) is 4.79 Å². The normalized spacial score (nSPS) is 11.1. The molecule has 7 nitrogen and oxygen atoms in total. The van der Waals surface area contributed by atoms with E-state index in [2.05, 4.69) is 15.4 Å². The summed E-state index contributed by atoms with van der Waals surface area (Å²) in [5.74, 6) is 0.575. The van der Waals surface area contributed by atoms with E-state index in [1.807, 2.05) is 50.6 Å². The molecule has 0 saturated carbocycles. The van der Waals surface area contributed by atoms with Gasteiger partial charge in [-0.2, -0.15) is 10.4 Å². The summed E-state index contributed by atoms with van der Waals surface area (Å²) in [7, 11) is 3.69. The summed E-state index contributed by atoms with van der Waals surface area (Å²) in [6, 6.07) is 13.2. The molecule has 0 unspecified atom stereocenters. The van der Waals surface area contributed by atoms with Crippen LogP contribution in [0.3, 0.4) is 0 Å². The third kappa shape index (κ3) is 6.59. The molecule has 0 saturated heterocycles. The molecule has 0 aliphatic heterocycles. The van der Waals surface area contributed by atoms with Gasteiger partial charge in [-0.15, -0.1) is 0 Å². The van der Waals surface area contributed by atoms with Crippen LogP contribution in [0.5, 0.6) is 0 Å². The van der Waals surface area contributed by atoms with Crippen molar-refractivity contribution in [2.75, 3.05) is 20.6 Å². The Morgan fingerprint density at radius 1 is 1.15 bits per heavy atom. The van der Waals surface area contributed by atoms with E-state index in [-0.39, 0.29) is 5.56 Å². The molecule has 2 aromatic rings. The first-order chi connectivity index (χ1) is 13.1. The number of nitrogens with one attached hydrogen (secondary N) is 1. The molecule has 0 spiro atoms. The second-order valence-corrected chi connectivity index (χ2v) is 6.40. The fraction of sp³-hybridized carbons (Fsp3) is 0.400. The highest BCUT2D eigenvalue weighted by Crippen LogP contribution is 2.14. The molecule has 0 fully saturated rings. The van der Waals surface area contributed by atoms with Crippen molar-refractivity contribution in [1.82, 2.24) is 20.0 Å². The van der Waals surface area contributed by atoms with Crippen LogP contribution in [0.15, 0.2) is 52.3 Å². The fourth-order valence-electron chi connectivity index (χ4n) is 2.63. The summed E-state index contributed by atoms with van der Waals surface area (Å²) >= 11 is 0. The molecule has 0 aliphatic rings. The van der Waals surface area contributed by atoms with E-state index < -0.39 is 0 Å². The van der Waals surface area contributed by atoms with Crippen molar-refractivity contribution < 1.29 is 0 Å². The predicted octanol–water partition coefficient (Wildman–Crippen LogP) is 2.46. The van der Waals surface area contributed by atoms with Crippen LogP contribution in [0.1, 0.15) is 25.7 Å². The fourth-order valence-corrected chi connectivity index (χ4v) is 2.63. The molecule has 0 aliphatic carbocycles. The lowest BCUT2D eigenvalue weighted by atomic mass is 10.1. The molecule has 1 aromatic carbocycles. The Balaban J connectivity index is 1.78. The lowest BCUT2D eigenvalue weighted by molar-refractivity contribution is 0.517. The number of nitrogens with zero attached hydrogens (tertiary/aromatic N) is 5. The average molecular weight is 366 g/mol. The van der Waals surface area contributed by atoms with Gasteiger partial charge in [-0.25, -0.2) is 4.68 Å². The van der Waals surface area contributed by atoms with Gasteiger partial charge in [0.1, 0.15) is 0 Å². The zero-order valence-corrected chi connectivity index (χ0v) is 15.9. The Morgan fingerprint density at radius 2 is 1.89 bits per heavy atom. The predicted molar refractivity (Wildman–Crippen MR) is 107 cm³/mol. The number of aromatic nitrogens is 2. The van der Waals surface area contributed by atoms with Crippen molar-refractivity contribution in [2.24, 2.45) is 4.99 Å². The van der Waals surface area contributed by atoms with Gasteiger partial charge in [-0.1, -0.05) is 43.2 Å². The Hall–Kier alpha value is -3.14. The lowest BCUT2D eigenvalue weighted by Gasteiger charge is -2.13. The molecule has 27 heavy (non-hydrogen) atoms. The first-order valence-electron chi connectivity index (χ1n) is 9.12. The third-order valence-electron chi connectivity index (χ3n) is 4.07. The van der Waals surface area contributed by atoms with Gasteiger partial charge < -0.3 is 4.90 Å². The Morgan fingerprint density at radius 3 is 2.59 bits per heavy atom. The summed E-state index contributed by atoms with van der Waals surface area (Å²) < 4.78 is 1.54. The second-order valence-electron chi connectivity index (χ2n) is 6.40. The maximum atomic E-state index is 12.0. The van der Waals surface area contributed by atoms with Crippen molar-refractivity contribution in [3.8, 4) is 17.5 Å². The molecule has 0 atom stereocenters. The average Bonchev–Trinajstić information content (AvgIpc) is 2.68. The summed E-state index contributed by atoms with van der Waals surface area (Å²) in [6.45, 7) is 1.28. The highest BCUT2D eigenvalue weighted by molar-refractivity contribution is 5.80. The van der Waals surface area contributed by atoms with Crippen molar-refractivity contribution in [3.63, 3.8) is 0 Å². The standard InChI is InChI=1S/C20H26N6O/c1-25(2)20(23-16-21)22-14-8-3-4-9-15-26-19(27)13-12-18(24-26)17-10-6-5-7-11-17/h5-7,10-13H,3-4,8-9,14-15H2,1-2H3,(H,22,23). The van der Waals surface area contributed by atoms with Crippen molar-refractivity contribution >= 4 is 5.96 Å². The van der Waals surface area contributed by atoms with Crippen LogP contribution in [0.2, 0.25) is 0 Å². The smallest absolute Gasteiger partial charge is 0.266 e. The summed E-state index contributed by atoms with van der Waals surface area (Å²) in [6.07, 6.45) is 5.74. The van der Waals surface area contributed by atoms with E-state index in [4.69, 9.17) is 5.26 Å². The third-order valence-corrected chi connectivity index (χ3v) is 4.07.